The standard InChI is InChI=1S/C16H11F3N6OS/c1-8-7-27-16(20-8)12-6-25(24-21-12)5-10-3-2-9(4-11(10)17)14-22-23-15(26-14)13(18)19/h2-4,6-7,13H,5H2,1H3. The van der Waals surface area contributed by atoms with Crippen LogP contribution in [-0.2, 0) is 6.54 Å². The van der Waals surface area contributed by atoms with Crippen molar-refractivity contribution in [1.29, 1.82) is 0 Å². The number of rotatable bonds is 5. The molecule has 0 spiro atoms. The van der Waals surface area contributed by atoms with Crippen molar-refractivity contribution in [1.82, 2.24) is 30.2 Å². The van der Waals surface area contributed by atoms with Crippen LogP contribution in [0, 0.1) is 12.7 Å². The quantitative estimate of drug-likeness (QED) is 0.513. The van der Waals surface area contributed by atoms with Gasteiger partial charge in [-0.25, -0.2) is 14.1 Å². The molecule has 4 rings (SSSR count). The van der Waals surface area contributed by atoms with E-state index in [1.807, 2.05) is 12.3 Å². The molecule has 4 aromatic rings. The van der Waals surface area contributed by atoms with E-state index in [2.05, 4.69) is 25.5 Å². The normalized spacial score (nSPS) is 11.4. The van der Waals surface area contributed by atoms with Crippen molar-refractivity contribution in [2.75, 3.05) is 0 Å². The number of aryl methyl sites for hydroxylation is 1. The van der Waals surface area contributed by atoms with Crippen molar-refractivity contribution < 1.29 is 17.6 Å². The summed E-state index contributed by atoms with van der Waals surface area (Å²) in [5, 5.41) is 17.4. The Morgan fingerprint density at radius 1 is 1.22 bits per heavy atom. The van der Waals surface area contributed by atoms with Crippen LogP contribution < -0.4 is 0 Å². The maximum atomic E-state index is 14.4. The molecule has 27 heavy (non-hydrogen) atoms. The summed E-state index contributed by atoms with van der Waals surface area (Å²) in [7, 11) is 0. The average molecular weight is 392 g/mol. The number of alkyl halides is 2. The Morgan fingerprint density at radius 2 is 2.07 bits per heavy atom. The van der Waals surface area contributed by atoms with Gasteiger partial charge in [-0.2, -0.15) is 8.78 Å². The summed E-state index contributed by atoms with van der Waals surface area (Å²) < 4.78 is 45.8. The molecule has 0 N–H and O–H groups in total. The minimum absolute atomic E-state index is 0.148. The molecule has 0 bridgehead atoms. The fraction of sp³-hybridized carbons (Fsp3) is 0.188. The van der Waals surface area contributed by atoms with E-state index in [1.165, 1.54) is 28.2 Å². The van der Waals surface area contributed by atoms with Crippen LogP contribution >= 0.6 is 11.3 Å². The van der Waals surface area contributed by atoms with Crippen molar-refractivity contribution in [2.45, 2.75) is 19.9 Å². The molecule has 0 amide bonds. The van der Waals surface area contributed by atoms with Gasteiger partial charge < -0.3 is 4.42 Å². The van der Waals surface area contributed by atoms with E-state index in [-0.39, 0.29) is 18.0 Å². The number of hydrogen-bond acceptors (Lipinski definition) is 7. The summed E-state index contributed by atoms with van der Waals surface area (Å²) in [5.41, 5.74) is 2.06. The summed E-state index contributed by atoms with van der Waals surface area (Å²) in [5.74, 6) is -1.52. The maximum absolute atomic E-state index is 14.4. The zero-order valence-corrected chi connectivity index (χ0v) is 14.6. The number of benzene rings is 1. The molecule has 3 aromatic heterocycles. The highest BCUT2D eigenvalue weighted by Gasteiger charge is 2.18. The number of nitrogens with zero attached hydrogens (tertiary/aromatic N) is 6. The van der Waals surface area contributed by atoms with Gasteiger partial charge in [0.2, 0.25) is 5.89 Å². The molecule has 0 fully saturated rings. The summed E-state index contributed by atoms with van der Waals surface area (Å²) in [6.07, 6.45) is -1.20. The van der Waals surface area contributed by atoms with E-state index in [4.69, 9.17) is 4.42 Å². The molecule has 0 aliphatic heterocycles. The number of hydrogen-bond donors (Lipinski definition) is 0. The lowest BCUT2D eigenvalue weighted by Crippen LogP contribution is -2.03. The minimum atomic E-state index is -2.88. The van der Waals surface area contributed by atoms with Crippen molar-refractivity contribution in [3.05, 3.63) is 52.7 Å². The molecule has 0 aliphatic rings. The van der Waals surface area contributed by atoms with Crippen LogP contribution in [0.1, 0.15) is 23.6 Å². The second-order valence-electron chi connectivity index (χ2n) is 5.65. The van der Waals surface area contributed by atoms with Crippen molar-refractivity contribution in [2.24, 2.45) is 0 Å². The summed E-state index contributed by atoms with van der Waals surface area (Å²) in [6.45, 7) is 2.03. The first-order valence-electron chi connectivity index (χ1n) is 7.72. The van der Waals surface area contributed by atoms with Crippen LogP contribution in [0.3, 0.4) is 0 Å². The molecule has 0 saturated heterocycles. The zero-order valence-electron chi connectivity index (χ0n) is 13.8. The molecule has 0 saturated carbocycles. The molecule has 11 heteroatoms. The van der Waals surface area contributed by atoms with Crippen molar-refractivity contribution >= 4 is 11.3 Å². The first-order valence-corrected chi connectivity index (χ1v) is 8.60. The predicted molar refractivity (Wildman–Crippen MR) is 89.6 cm³/mol. The molecule has 138 valence electrons. The second-order valence-corrected chi connectivity index (χ2v) is 6.51. The van der Waals surface area contributed by atoms with Gasteiger partial charge in [-0.1, -0.05) is 11.3 Å². The minimum Gasteiger partial charge on any atom is -0.415 e. The molecule has 0 unspecified atom stereocenters. The second kappa shape index (κ2) is 6.91. The molecule has 1 aromatic carbocycles. The molecule has 3 heterocycles. The average Bonchev–Trinajstić information content (AvgIpc) is 3.36. The Hall–Kier alpha value is -3.08. The van der Waals surface area contributed by atoms with Crippen LogP contribution in [0.15, 0.2) is 34.2 Å². The highest BCUT2D eigenvalue weighted by atomic mass is 32.1. The third-order valence-corrected chi connectivity index (χ3v) is 4.62. The van der Waals surface area contributed by atoms with Crippen LogP contribution in [0.2, 0.25) is 0 Å². The smallest absolute Gasteiger partial charge is 0.314 e. The maximum Gasteiger partial charge on any atom is 0.314 e. The Kier molecular flexibility index (Phi) is 4.44. The third-order valence-electron chi connectivity index (χ3n) is 3.64. The highest BCUT2D eigenvalue weighted by Crippen LogP contribution is 2.25. The number of thiazole rings is 1. The number of halogens is 3. The van der Waals surface area contributed by atoms with Gasteiger partial charge in [0.1, 0.15) is 16.5 Å². The van der Waals surface area contributed by atoms with E-state index in [0.29, 0.717) is 11.3 Å². The van der Waals surface area contributed by atoms with Gasteiger partial charge in [-0.3, -0.25) is 0 Å². The first-order chi connectivity index (χ1) is 13.0. The molecular weight excluding hydrogens is 381 g/mol. The molecule has 7 nitrogen and oxygen atoms in total. The third kappa shape index (κ3) is 3.58. The Morgan fingerprint density at radius 3 is 2.74 bits per heavy atom. The van der Waals surface area contributed by atoms with Crippen LogP contribution in [0.4, 0.5) is 13.2 Å². The summed E-state index contributed by atoms with van der Waals surface area (Å²) >= 11 is 1.45. The number of aromatic nitrogens is 6. The molecular formula is C16H11F3N6OS. The van der Waals surface area contributed by atoms with E-state index < -0.39 is 18.1 Å². The van der Waals surface area contributed by atoms with Gasteiger partial charge >= 0.3 is 6.43 Å². The van der Waals surface area contributed by atoms with Crippen LogP contribution in [0.5, 0.6) is 0 Å². The lowest BCUT2D eigenvalue weighted by molar-refractivity contribution is 0.116. The molecule has 0 atom stereocenters. The van der Waals surface area contributed by atoms with Gasteiger partial charge in [0.05, 0.1) is 12.7 Å². The van der Waals surface area contributed by atoms with E-state index >= 15 is 0 Å². The van der Waals surface area contributed by atoms with Gasteiger partial charge in [0.25, 0.3) is 5.89 Å². The zero-order chi connectivity index (χ0) is 19.0. The fourth-order valence-corrected chi connectivity index (χ4v) is 3.11. The predicted octanol–water partition coefficient (Wildman–Crippen LogP) is 3.89. The Bertz CT molecular complexity index is 1090. The van der Waals surface area contributed by atoms with Crippen LogP contribution in [-0.4, -0.2) is 30.2 Å². The van der Waals surface area contributed by atoms with Crippen molar-refractivity contribution in [3.63, 3.8) is 0 Å². The Labute approximate surface area is 154 Å². The molecule has 0 aliphatic carbocycles. The van der Waals surface area contributed by atoms with Gasteiger partial charge in [-0.15, -0.1) is 26.6 Å². The van der Waals surface area contributed by atoms with E-state index in [0.717, 1.165) is 16.8 Å². The van der Waals surface area contributed by atoms with Crippen molar-refractivity contribution in [3.8, 4) is 22.2 Å². The summed E-state index contributed by atoms with van der Waals surface area (Å²) in [6, 6.07) is 4.18. The Balaban J connectivity index is 1.54. The largest absolute Gasteiger partial charge is 0.415 e. The topological polar surface area (TPSA) is 82.5 Å². The van der Waals surface area contributed by atoms with Gasteiger partial charge in [0.15, 0.2) is 0 Å². The lowest BCUT2D eigenvalue weighted by atomic mass is 10.1. The van der Waals surface area contributed by atoms with E-state index in [1.54, 1.807) is 6.20 Å². The van der Waals surface area contributed by atoms with E-state index in [9.17, 15) is 13.2 Å². The van der Waals surface area contributed by atoms with Crippen LogP contribution in [0.25, 0.3) is 22.2 Å². The van der Waals surface area contributed by atoms with Gasteiger partial charge in [0, 0.05) is 22.2 Å². The first kappa shape index (κ1) is 17.3. The fourth-order valence-electron chi connectivity index (χ4n) is 2.37. The highest BCUT2D eigenvalue weighted by molar-refractivity contribution is 7.13. The SMILES string of the molecule is Cc1csc(-c2cn(Cc3ccc(-c4nnc(C(F)F)o4)cc3F)nn2)n1. The monoisotopic (exact) mass is 392 g/mol. The lowest BCUT2D eigenvalue weighted by Gasteiger charge is -2.04. The molecule has 0 radical (unpaired) electrons. The van der Waals surface area contributed by atoms with Gasteiger partial charge in [-0.05, 0) is 19.1 Å². The summed E-state index contributed by atoms with van der Waals surface area (Å²) in [4.78, 5) is 4.33.